The third-order valence-corrected chi connectivity index (χ3v) is 6.11. The van der Waals surface area contributed by atoms with Crippen LogP contribution < -0.4 is 9.47 Å². The van der Waals surface area contributed by atoms with Gasteiger partial charge in [0, 0.05) is 11.6 Å². The first-order valence-electron chi connectivity index (χ1n) is 8.45. The van der Waals surface area contributed by atoms with Crippen molar-refractivity contribution in [3.05, 3.63) is 40.3 Å². The van der Waals surface area contributed by atoms with Crippen molar-refractivity contribution in [2.45, 2.75) is 31.7 Å². The molecule has 1 saturated heterocycles. The summed E-state index contributed by atoms with van der Waals surface area (Å²) in [6.45, 7) is 0.418. The minimum absolute atomic E-state index is 0.0410. The average Bonchev–Trinajstić information content (AvgIpc) is 3.22. The Kier molecular flexibility index (Phi) is 4.56. The highest BCUT2D eigenvalue weighted by atomic mass is 32.2. The molecule has 25 heavy (non-hydrogen) atoms. The van der Waals surface area contributed by atoms with Gasteiger partial charge in [-0.1, -0.05) is 49.0 Å². The predicted molar refractivity (Wildman–Crippen MR) is 104 cm³/mol. The van der Waals surface area contributed by atoms with Crippen molar-refractivity contribution in [1.82, 2.24) is 4.90 Å². The highest BCUT2D eigenvalue weighted by Crippen LogP contribution is 2.39. The number of thiocarbonyl (C=S) groups is 1. The van der Waals surface area contributed by atoms with Gasteiger partial charge in [0.2, 0.25) is 0 Å². The van der Waals surface area contributed by atoms with Gasteiger partial charge in [0.1, 0.15) is 10.9 Å². The lowest BCUT2D eigenvalue weighted by Gasteiger charge is -2.22. The molecule has 0 atom stereocenters. The second-order valence-electron chi connectivity index (χ2n) is 6.38. The van der Waals surface area contributed by atoms with Crippen LogP contribution in [0.5, 0.6) is 11.5 Å². The van der Waals surface area contributed by atoms with Gasteiger partial charge in [-0.05, 0) is 36.6 Å². The summed E-state index contributed by atoms with van der Waals surface area (Å²) in [7, 11) is 1.63. The van der Waals surface area contributed by atoms with Crippen LogP contribution >= 0.6 is 24.0 Å². The molecule has 2 fully saturated rings. The number of hydrogen-bond donors (Lipinski definition) is 0. The fourth-order valence-electron chi connectivity index (χ4n) is 3.57. The fraction of sp³-hybridized carbons (Fsp3) is 0.368. The molecule has 1 aromatic carbocycles. The van der Waals surface area contributed by atoms with Gasteiger partial charge in [0.05, 0.1) is 12.0 Å². The molecule has 1 aromatic rings. The highest BCUT2D eigenvalue weighted by Gasteiger charge is 2.38. The van der Waals surface area contributed by atoms with Crippen LogP contribution in [-0.2, 0) is 4.79 Å². The van der Waals surface area contributed by atoms with Crippen LogP contribution in [0.2, 0.25) is 0 Å². The number of methoxy groups -OCH3 is 1. The molecule has 1 aliphatic carbocycles. The van der Waals surface area contributed by atoms with E-state index in [1.54, 1.807) is 7.11 Å². The summed E-state index contributed by atoms with van der Waals surface area (Å²) in [5, 5.41) is 0. The predicted octanol–water partition coefficient (Wildman–Crippen LogP) is 4.16. The number of benzene rings is 1. The number of carbonyl (C=O) groups excluding carboxylic acids is 1. The summed E-state index contributed by atoms with van der Waals surface area (Å²) in [5.74, 6) is 1.51. The minimum atomic E-state index is 0.0410. The molecule has 4 rings (SSSR count). The van der Waals surface area contributed by atoms with Gasteiger partial charge in [-0.2, -0.15) is 0 Å². The molecule has 0 bridgehead atoms. The van der Waals surface area contributed by atoms with Crippen molar-refractivity contribution in [3.63, 3.8) is 0 Å². The van der Waals surface area contributed by atoms with Gasteiger partial charge >= 0.3 is 0 Å². The van der Waals surface area contributed by atoms with Gasteiger partial charge < -0.3 is 9.47 Å². The van der Waals surface area contributed by atoms with Gasteiger partial charge in [0.25, 0.3) is 5.91 Å². The topological polar surface area (TPSA) is 38.8 Å². The molecular formula is C19H19NO3S2. The van der Waals surface area contributed by atoms with Crippen molar-refractivity contribution in [3.8, 4) is 11.5 Å². The normalized spacial score (nSPS) is 22.2. The van der Waals surface area contributed by atoms with Crippen molar-refractivity contribution < 1.29 is 14.3 Å². The Morgan fingerprint density at radius 3 is 2.92 bits per heavy atom. The largest absolute Gasteiger partial charge is 0.493 e. The minimum Gasteiger partial charge on any atom is -0.493 e. The molecule has 3 aliphatic rings. The molecule has 130 valence electrons. The first kappa shape index (κ1) is 16.7. The molecule has 1 saturated carbocycles. The number of amides is 1. The standard InChI is InChI=1S/C19H19NO3S2/c1-22-15-8-4-5-13-9-12(11-23-17(13)15)10-16-18(21)20(19(24)25-16)14-6-2-3-7-14/h4-5,8-10,14H,2-3,6-7,11H2,1H3/b16-10-. The Hall–Kier alpha value is -1.79. The maximum atomic E-state index is 12.8. The van der Waals surface area contributed by atoms with E-state index in [2.05, 4.69) is 0 Å². The monoisotopic (exact) mass is 373 g/mol. The molecule has 1 amide bonds. The number of rotatable bonds is 3. The van der Waals surface area contributed by atoms with E-state index in [1.807, 2.05) is 35.3 Å². The number of thioether (sulfide) groups is 1. The van der Waals surface area contributed by atoms with Crippen LogP contribution in [0.25, 0.3) is 6.08 Å². The number of nitrogens with zero attached hydrogens (tertiary/aromatic N) is 1. The number of carbonyl (C=O) groups is 1. The van der Waals surface area contributed by atoms with Crippen LogP contribution in [-0.4, -0.2) is 34.9 Å². The van der Waals surface area contributed by atoms with E-state index in [0.717, 1.165) is 35.5 Å². The van der Waals surface area contributed by atoms with Crippen LogP contribution in [0, 0.1) is 0 Å². The van der Waals surface area contributed by atoms with E-state index in [9.17, 15) is 4.79 Å². The van der Waals surface area contributed by atoms with Crippen LogP contribution in [0.15, 0.2) is 34.8 Å². The lowest BCUT2D eigenvalue weighted by Crippen LogP contribution is -2.36. The summed E-state index contributed by atoms with van der Waals surface area (Å²) < 4.78 is 11.9. The number of ether oxygens (including phenoxy) is 2. The van der Waals surface area contributed by atoms with Gasteiger partial charge in [-0.15, -0.1) is 0 Å². The lowest BCUT2D eigenvalue weighted by atomic mass is 10.1. The molecule has 2 aliphatic heterocycles. The Morgan fingerprint density at radius 2 is 2.16 bits per heavy atom. The zero-order valence-corrected chi connectivity index (χ0v) is 15.6. The Morgan fingerprint density at radius 1 is 1.36 bits per heavy atom. The maximum Gasteiger partial charge on any atom is 0.266 e. The molecule has 0 unspecified atom stereocenters. The van der Waals surface area contributed by atoms with E-state index < -0.39 is 0 Å². The Labute approximate surface area is 156 Å². The summed E-state index contributed by atoms with van der Waals surface area (Å²) in [6.07, 6.45) is 8.42. The molecule has 2 heterocycles. The van der Waals surface area contributed by atoms with Gasteiger partial charge in [0.15, 0.2) is 11.5 Å². The zero-order valence-electron chi connectivity index (χ0n) is 14.0. The third kappa shape index (κ3) is 3.09. The van der Waals surface area contributed by atoms with Gasteiger partial charge in [-0.3, -0.25) is 9.69 Å². The second-order valence-corrected chi connectivity index (χ2v) is 8.05. The van der Waals surface area contributed by atoms with E-state index in [1.165, 1.54) is 24.6 Å². The number of fused-ring (bicyclic) bond motifs is 1. The Balaban J connectivity index is 1.60. The smallest absolute Gasteiger partial charge is 0.266 e. The quantitative estimate of drug-likeness (QED) is 0.588. The summed E-state index contributed by atoms with van der Waals surface area (Å²) in [4.78, 5) is 15.3. The van der Waals surface area contributed by atoms with E-state index >= 15 is 0 Å². The summed E-state index contributed by atoms with van der Waals surface area (Å²) in [5.41, 5.74) is 1.93. The third-order valence-electron chi connectivity index (χ3n) is 4.78. The SMILES string of the molecule is COc1cccc2c1OCC(/C=C1\SC(=S)N(C3CCCC3)C1=O)=C2. The van der Waals surface area contributed by atoms with Crippen LogP contribution in [0.4, 0.5) is 0 Å². The van der Waals surface area contributed by atoms with Crippen molar-refractivity contribution >= 4 is 40.3 Å². The first-order chi connectivity index (χ1) is 12.2. The van der Waals surface area contributed by atoms with Crippen LogP contribution in [0.1, 0.15) is 31.2 Å². The van der Waals surface area contributed by atoms with Crippen molar-refractivity contribution in [1.29, 1.82) is 0 Å². The summed E-state index contributed by atoms with van der Waals surface area (Å²) in [6, 6.07) is 6.07. The number of hydrogen-bond acceptors (Lipinski definition) is 5. The fourth-order valence-corrected chi connectivity index (χ4v) is 4.98. The molecule has 0 N–H and O–H groups in total. The first-order valence-corrected chi connectivity index (χ1v) is 9.67. The number of para-hydroxylation sites is 1. The Bertz CT molecular complexity index is 794. The maximum absolute atomic E-state index is 12.8. The average molecular weight is 373 g/mol. The molecular weight excluding hydrogens is 354 g/mol. The second kappa shape index (κ2) is 6.84. The molecule has 0 radical (unpaired) electrons. The van der Waals surface area contributed by atoms with Gasteiger partial charge in [-0.25, -0.2) is 0 Å². The molecule has 0 aromatic heterocycles. The van der Waals surface area contributed by atoms with E-state index in [0.29, 0.717) is 15.8 Å². The zero-order chi connectivity index (χ0) is 17.4. The van der Waals surface area contributed by atoms with Crippen LogP contribution in [0.3, 0.4) is 0 Å². The molecule has 6 heteroatoms. The lowest BCUT2D eigenvalue weighted by molar-refractivity contribution is -0.123. The molecule has 4 nitrogen and oxygen atoms in total. The summed E-state index contributed by atoms with van der Waals surface area (Å²) >= 11 is 6.85. The van der Waals surface area contributed by atoms with Crippen molar-refractivity contribution in [2.75, 3.05) is 13.7 Å². The van der Waals surface area contributed by atoms with Crippen molar-refractivity contribution in [2.24, 2.45) is 0 Å². The molecule has 0 spiro atoms. The van der Waals surface area contributed by atoms with E-state index in [4.69, 9.17) is 21.7 Å². The van der Waals surface area contributed by atoms with E-state index in [-0.39, 0.29) is 11.9 Å². The highest BCUT2D eigenvalue weighted by molar-refractivity contribution is 8.26.